The molecule has 10 nitrogen and oxygen atoms in total. The molecule has 4 rings (SSSR count). The Morgan fingerprint density at radius 3 is 2.61 bits per heavy atom. The molecule has 3 N–H and O–H groups in total. The molecule has 0 atom stereocenters. The molecule has 218 valence electrons. The van der Waals surface area contributed by atoms with Gasteiger partial charge in [0, 0.05) is 25.1 Å². The zero-order valence-corrected chi connectivity index (χ0v) is 23.8. The van der Waals surface area contributed by atoms with E-state index in [-0.39, 0.29) is 17.4 Å². The van der Waals surface area contributed by atoms with Crippen LogP contribution in [0.1, 0.15) is 66.7 Å². The van der Waals surface area contributed by atoms with Crippen LogP contribution in [0.4, 0.5) is 0 Å². The Hall–Kier alpha value is -4.02. The van der Waals surface area contributed by atoms with E-state index in [9.17, 15) is 14.4 Å². The quantitative estimate of drug-likeness (QED) is 0.155. The van der Waals surface area contributed by atoms with E-state index in [1.54, 1.807) is 16.1 Å². The molecule has 0 fully saturated rings. The van der Waals surface area contributed by atoms with Gasteiger partial charge in [-0.3, -0.25) is 24.2 Å². The summed E-state index contributed by atoms with van der Waals surface area (Å²) in [4.78, 5) is 43.7. The Labute approximate surface area is 240 Å². The van der Waals surface area contributed by atoms with Crippen molar-refractivity contribution >= 4 is 34.4 Å². The van der Waals surface area contributed by atoms with Crippen LogP contribution in [0.2, 0.25) is 0 Å². The van der Waals surface area contributed by atoms with Crippen LogP contribution in [-0.2, 0) is 11.3 Å². The van der Waals surface area contributed by atoms with Crippen molar-refractivity contribution in [3.05, 3.63) is 69.8 Å². The molecule has 0 unspecified atom stereocenters. The van der Waals surface area contributed by atoms with Gasteiger partial charge in [-0.25, -0.2) is 10.5 Å². The Bertz CT molecular complexity index is 1450. The number of benzene rings is 2. The minimum Gasteiger partial charge on any atom is -0.494 e. The Kier molecular flexibility index (Phi) is 10.6. The van der Waals surface area contributed by atoms with Crippen LogP contribution in [0.25, 0.3) is 22.6 Å². The van der Waals surface area contributed by atoms with Crippen LogP contribution in [0.15, 0.2) is 47.3 Å². The van der Waals surface area contributed by atoms with Crippen molar-refractivity contribution in [1.82, 2.24) is 25.2 Å². The number of nitrogens with zero attached hydrogens (tertiary/aromatic N) is 3. The molecule has 2 amide bonds. The van der Waals surface area contributed by atoms with E-state index in [1.165, 1.54) is 0 Å². The van der Waals surface area contributed by atoms with Gasteiger partial charge in [0.25, 0.3) is 11.5 Å². The number of allylic oxidation sites excluding steroid dienone is 1. The lowest BCUT2D eigenvalue weighted by Gasteiger charge is -2.10. The third kappa shape index (κ3) is 8.25. The lowest BCUT2D eigenvalue weighted by molar-refractivity contribution is -0.129. The second-order valence-electron chi connectivity index (χ2n) is 10.6. The molecular formula is C31H39N5O5. The van der Waals surface area contributed by atoms with Crippen LogP contribution in [-0.4, -0.2) is 65.3 Å². The van der Waals surface area contributed by atoms with Crippen LogP contribution >= 0.6 is 0 Å². The largest absolute Gasteiger partial charge is 0.494 e. The zero-order chi connectivity index (χ0) is 29.2. The number of aromatic nitrogens is 2. The van der Waals surface area contributed by atoms with Crippen LogP contribution < -0.4 is 21.1 Å². The summed E-state index contributed by atoms with van der Waals surface area (Å²) in [6.07, 6.45) is 7.27. The number of fused-ring (bicyclic) bond motifs is 2. The number of unbranched alkanes of at least 4 members (excludes halogenated alkanes) is 3. The molecule has 0 saturated carbocycles. The number of amides is 2. The third-order valence-corrected chi connectivity index (χ3v) is 7.09. The molecule has 1 aliphatic heterocycles. The summed E-state index contributed by atoms with van der Waals surface area (Å²) in [6.45, 7) is 2.64. The second kappa shape index (κ2) is 14.6. The van der Waals surface area contributed by atoms with Crippen molar-refractivity contribution in [2.45, 2.75) is 51.5 Å². The number of hydroxylamine groups is 1. The summed E-state index contributed by atoms with van der Waals surface area (Å²) in [7, 11) is 4.02. The molecule has 10 heteroatoms. The van der Waals surface area contributed by atoms with E-state index in [0.717, 1.165) is 43.4 Å². The van der Waals surface area contributed by atoms with Crippen LogP contribution in [0, 0.1) is 0 Å². The highest BCUT2D eigenvalue weighted by Gasteiger charge is 2.21. The van der Waals surface area contributed by atoms with E-state index in [4.69, 9.17) is 14.9 Å². The van der Waals surface area contributed by atoms with E-state index in [1.807, 2.05) is 56.6 Å². The number of ether oxygens (including phenoxy) is 1. The van der Waals surface area contributed by atoms with Crippen molar-refractivity contribution in [3.63, 3.8) is 0 Å². The van der Waals surface area contributed by atoms with Crippen molar-refractivity contribution in [1.29, 1.82) is 0 Å². The van der Waals surface area contributed by atoms with Crippen LogP contribution in [0.5, 0.6) is 5.75 Å². The van der Waals surface area contributed by atoms with Gasteiger partial charge in [0.15, 0.2) is 0 Å². The highest BCUT2D eigenvalue weighted by molar-refractivity contribution is 5.94. The van der Waals surface area contributed by atoms with Gasteiger partial charge in [0.05, 0.1) is 17.5 Å². The van der Waals surface area contributed by atoms with Crippen molar-refractivity contribution in [2.24, 2.45) is 0 Å². The second-order valence-corrected chi connectivity index (χ2v) is 10.6. The van der Waals surface area contributed by atoms with E-state index in [2.05, 4.69) is 10.2 Å². The molecule has 0 aliphatic carbocycles. The molecule has 2 aromatic carbocycles. The number of hydrogen-bond acceptors (Lipinski definition) is 7. The summed E-state index contributed by atoms with van der Waals surface area (Å²) in [6, 6.07) is 12.9. The highest BCUT2D eigenvalue weighted by atomic mass is 16.5. The predicted octanol–water partition coefficient (Wildman–Crippen LogP) is 3.86. The van der Waals surface area contributed by atoms with Gasteiger partial charge in [-0.1, -0.05) is 25.0 Å². The van der Waals surface area contributed by atoms with Gasteiger partial charge < -0.3 is 15.0 Å². The van der Waals surface area contributed by atoms with Gasteiger partial charge in [0.1, 0.15) is 11.6 Å². The van der Waals surface area contributed by atoms with E-state index < -0.39 is 0 Å². The first-order valence-corrected chi connectivity index (χ1v) is 14.2. The smallest absolute Gasteiger partial charge is 0.261 e. The zero-order valence-electron chi connectivity index (χ0n) is 23.8. The molecule has 41 heavy (non-hydrogen) atoms. The topological polar surface area (TPSA) is 126 Å². The first-order chi connectivity index (χ1) is 19.9. The molecule has 1 aromatic heterocycles. The number of rotatable bonds is 14. The Balaban J connectivity index is 1.36. The number of carbonyl (C=O) groups is 2. The van der Waals surface area contributed by atoms with Crippen LogP contribution in [0.3, 0.4) is 0 Å². The predicted molar refractivity (Wildman–Crippen MR) is 159 cm³/mol. The van der Waals surface area contributed by atoms with Gasteiger partial charge in [0.2, 0.25) is 5.91 Å². The number of carbonyl (C=O) groups excluding carboxylic acids is 2. The molecule has 0 radical (unpaired) electrons. The summed E-state index contributed by atoms with van der Waals surface area (Å²) in [5.74, 6) is 0.857. The lowest BCUT2D eigenvalue weighted by atomic mass is 10.1. The summed E-state index contributed by atoms with van der Waals surface area (Å²) in [5.41, 5.74) is 4.74. The summed E-state index contributed by atoms with van der Waals surface area (Å²) < 4.78 is 7.58. The lowest BCUT2D eigenvalue weighted by Crippen LogP contribution is -2.27. The SMILES string of the molecule is CN(C)CCCNC(=O)c1ccc(C=C2CCn3c2nc2ccc(OCCCCCCC(=O)NO)cc2c3=O)cc1. The number of nitrogens with one attached hydrogen (secondary N) is 2. The maximum absolute atomic E-state index is 13.3. The molecule has 0 spiro atoms. The Morgan fingerprint density at radius 2 is 1.85 bits per heavy atom. The average molecular weight is 562 g/mol. The van der Waals surface area contributed by atoms with E-state index >= 15 is 0 Å². The average Bonchev–Trinajstić information content (AvgIpc) is 3.37. The fourth-order valence-corrected chi connectivity index (χ4v) is 4.84. The van der Waals surface area contributed by atoms with Crippen molar-refractivity contribution in [3.8, 4) is 5.75 Å². The standard InChI is InChI=1S/C31H39N5O5/c1-35(2)17-7-16-32-30(38)23-11-9-22(10-12-23)20-24-15-18-36-29(24)33-27-14-13-25(21-26(27)31(36)39)41-19-6-4-3-5-8-28(37)34-40/h9-14,20-21,40H,3-8,15-19H2,1-2H3,(H,32,38)(H,34,37). The molecule has 0 bridgehead atoms. The van der Waals surface area contributed by atoms with E-state index in [0.29, 0.717) is 67.0 Å². The Morgan fingerprint density at radius 1 is 1.07 bits per heavy atom. The minimum atomic E-state index is -0.368. The molecule has 0 saturated heterocycles. The minimum absolute atomic E-state index is 0.0812. The highest BCUT2D eigenvalue weighted by Crippen LogP contribution is 2.28. The third-order valence-electron chi connectivity index (χ3n) is 7.09. The maximum Gasteiger partial charge on any atom is 0.261 e. The molecule has 2 heterocycles. The molecule has 3 aromatic rings. The monoisotopic (exact) mass is 561 g/mol. The summed E-state index contributed by atoms with van der Waals surface area (Å²) in [5, 5.41) is 12.0. The van der Waals surface area contributed by atoms with Gasteiger partial charge >= 0.3 is 0 Å². The normalized spacial score (nSPS) is 13.5. The maximum atomic E-state index is 13.3. The van der Waals surface area contributed by atoms with Crippen molar-refractivity contribution < 1.29 is 19.5 Å². The van der Waals surface area contributed by atoms with Gasteiger partial charge in [-0.05, 0) is 93.9 Å². The van der Waals surface area contributed by atoms with Gasteiger partial charge in [-0.15, -0.1) is 0 Å². The fraction of sp³-hybridized carbons (Fsp3) is 0.419. The molecular weight excluding hydrogens is 522 g/mol. The first-order valence-electron chi connectivity index (χ1n) is 14.2. The summed E-state index contributed by atoms with van der Waals surface area (Å²) >= 11 is 0. The van der Waals surface area contributed by atoms with Gasteiger partial charge in [-0.2, -0.15) is 0 Å². The fourth-order valence-electron chi connectivity index (χ4n) is 4.84. The van der Waals surface area contributed by atoms with Crippen molar-refractivity contribution in [2.75, 3.05) is 33.8 Å². The number of hydrogen-bond donors (Lipinski definition) is 3. The molecule has 1 aliphatic rings. The first kappa shape index (κ1) is 30.0.